The Morgan fingerprint density at radius 2 is 1.83 bits per heavy atom. The van der Waals surface area contributed by atoms with Crippen LogP contribution in [0.1, 0.15) is 12.0 Å². The molecular weight excluding hydrogens is 334 g/mol. The van der Waals surface area contributed by atoms with Gasteiger partial charge in [-0.2, -0.15) is 10.1 Å². The first-order valence-electron chi connectivity index (χ1n) is 7.51. The maximum absolute atomic E-state index is 12.5. The lowest BCUT2D eigenvalue weighted by atomic mass is 9.85. The Hall–Kier alpha value is -2.54. The van der Waals surface area contributed by atoms with E-state index in [9.17, 15) is 19.7 Å². The molecule has 2 aliphatic carbocycles. The average Bonchev–Trinajstić information content (AvgIpc) is 3.21. The Balaban J connectivity index is 1.58. The van der Waals surface area contributed by atoms with Gasteiger partial charge in [-0.25, -0.2) is 0 Å². The summed E-state index contributed by atoms with van der Waals surface area (Å²) in [6.07, 6.45) is 6.17. The number of hydrazone groups is 1. The van der Waals surface area contributed by atoms with Gasteiger partial charge in [0.1, 0.15) is 0 Å². The van der Waals surface area contributed by atoms with E-state index in [-0.39, 0.29) is 46.2 Å². The van der Waals surface area contributed by atoms with Gasteiger partial charge in [0, 0.05) is 17.7 Å². The summed E-state index contributed by atoms with van der Waals surface area (Å²) in [4.78, 5) is 35.1. The third-order valence-corrected chi connectivity index (χ3v) is 5.28. The van der Waals surface area contributed by atoms with Crippen molar-refractivity contribution in [3.8, 4) is 0 Å². The number of benzene rings is 1. The number of fused-ring (bicyclic) bond motifs is 5. The third-order valence-electron chi connectivity index (χ3n) is 4.95. The van der Waals surface area contributed by atoms with E-state index < -0.39 is 4.92 Å². The Kier molecular flexibility index (Phi) is 3.28. The predicted octanol–water partition coefficient (Wildman–Crippen LogP) is 2.39. The van der Waals surface area contributed by atoms with E-state index in [2.05, 4.69) is 5.10 Å². The largest absolute Gasteiger partial charge is 0.272 e. The van der Waals surface area contributed by atoms with Crippen molar-refractivity contribution in [1.29, 1.82) is 0 Å². The minimum Gasteiger partial charge on any atom is -0.272 e. The van der Waals surface area contributed by atoms with E-state index in [4.69, 9.17) is 11.6 Å². The molecule has 2 amide bonds. The number of nitrogens with zero attached hydrogens (tertiary/aromatic N) is 3. The molecule has 0 N–H and O–H groups in total. The Morgan fingerprint density at radius 3 is 2.38 bits per heavy atom. The highest BCUT2D eigenvalue weighted by Crippen LogP contribution is 2.52. The summed E-state index contributed by atoms with van der Waals surface area (Å²) in [5.41, 5.74) is 0.267. The summed E-state index contributed by atoms with van der Waals surface area (Å²) >= 11 is 5.99. The van der Waals surface area contributed by atoms with Crippen LogP contribution in [-0.2, 0) is 9.59 Å². The first kappa shape index (κ1) is 15.0. The number of hydrogen-bond acceptors (Lipinski definition) is 5. The number of carbonyl (C=O) groups excluding carboxylic acids is 2. The molecule has 3 aliphatic rings. The fourth-order valence-electron chi connectivity index (χ4n) is 3.85. The molecule has 1 aliphatic heterocycles. The second-order valence-corrected chi connectivity index (χ2v) is 6.60. The fraction of sp³-hybridized carbons (Fsp3) is 0.312. The standard InChI is InChI=1S/C16H12ClN3O4/c17-12-6-11(20(23)24)4-3-10(12)7-18-19-15(21)13-8-1-2-9(5-8)14(13)16(19)22/h1-4,6-9,13-14H,5H2. The van der Waals surface area contributed by atoms with E-state index in [1.165, 1.54) is 24.4 Å². The second kappa shape index (κ2) is 5.24. The van der Waals surface area contributed by atoms with Crippen molar-refractivity contribution in [1.82, 2.24) is 5.01 Å². The first-order valence-corrected chi connectivity index (χ1v) is 7.89. The SMILES string of the molecule is O=C1C2C3C=CC(C3)C2C(=O)N1N=Cc1ccc([N+](=O)[O-])cc1Cl. The molecule has 4 unspecified atom stereocenters. The van der Waals surface area contributed by atoms with Crippen LogP contribution in [0.3, 0.4) is 0 Å². The Bertz CT molecular complexity index is 805. The molecule has 0 spiro atoms. The van der Waals surface area contributed by atoms with Gasteiger partial charge in [0.25, 0.3) is 17.5 Å². The molecule has 2 fully saturated rings. The van der Waals surface area contributed by atoms with Gasteiger partial charge in [-0.1, -0.05) is 23.8 Å². The van der Waals surface area contributed by atoms with Gasteiger partial charge in [-0.15, -0.1) is 0 Å². The molecule has 1 heterocycles. The molecule has 1 aromatic rings. The molecular formula is C16H12ClN3O4. The Labute approximate surface area is 141 Å². The van der Waals surface area contributed by atoms with Crippen molar-refractivity contribution >= 4 is 35.3 Å². The fourth-order valence-corrected chi connectivity index (χ4v) is 4.08. The topological polar surface area (TPSA) is 92.9 Å². The lowest BCUT2D eigenvalue weighted by Crippen LogP contribution is -2.28. The number of imide groups is 1. The summed E-state index contributed by atoms with van der Waals surface area (Å²) in [7, 11) is 0. The highest BCUT2D eigenvalue weighted by atomic mass is 35.5. The van der Waals surface area contributed by atoms with Crippen molar-refractivity contribution in [3.05, 3.63) is 51.1 Å². The molecule has 24 heavy (non-hydrogen) atoms. The third kappa shape index (κ3) is 2.08. The lowest BCUT2D eigenvalue weighted by Gasteiger charge is -2.13. The number of halogens is 1. The highest BCUT2D eigenvalue weighted by Gasteiger charge is 2.59. The van der Waals surface area contributed by atoms with Gasteiger partial charge in [0.05, 0.1) is 28.0 Å². The van der Waals surface area contributed by atoms with Crippen LogP contribution in [0.5, 0.6) is 0 Å². The number of nitro benzene ring substituents is 1. The number of rotatable bonds is 3. The van der Waals surface area contributed by atoms with E-state index >= 15 is 0 Å². The summed E-state index contributed by atoms with van der Waals surface area (Å²) in [5, 5.41) is 15.8. The van der Waals surface area contributed by atoms with Crippen molar-refractivity contribution < 1.29 is 14.5 Å². The Morgan fingerprint density at radius 1 is 1.21 bits per heavy atom. The molecule has 8 heteroatoms. The van der Waals surface area contributed by atoms with Gasteiger partial charge in [-0.3, -0.25) is 19.7 Å². The number of non-ortho nitro benzene ring substituents is 1. The minimum absolute atomic E-state index is 0.125. The number of amides is 2. The molecule has 122 valence electrons. The van der Waals surface area contributed by atoms with Gasteiger partial charge in [-0.05, 0) is 24.3 Å². The summed E-state index contributed by atoms with van der Waals surface area (Å²) in [5.74, 6) is -0.930. The monoisotopic (exact) mass is 345 g/mol. The zero-order valence-electron chi connectivity index (χ0n) is 12.3. The maximum atomic E-state index is 12.5. The van der Waals surface area contributed by atoms with Crippen molar-refractivity contribution in [3.63, 3.8) is 0 Å². The van der Waals surface area contributed by atoms with Crippen LogP contribution in [0.2, 0.25) is 5.02 Å². The maximum Gasteiger partial charge on any atom is 0.270 e. The van der Waals surface area contributed by atoms with Gasteiger partial charge in [0.15, 0.2) is 0 Å². The van der Waals surface area contributed by atoms with Gasteiger partial charge < -0.3 is 0 Å². The lowest BCUT2D eigenvalue weighted by molar-refractivity contribution is -0.384. The quantitative estimate of drug-likeness (QED) is 0.276. The van der Waals surface area contributed by atoms with Crippen LogP contribution in [0.25, 0.3) is 0 Å². The normalized spacial score (nSPS) is 30.6. The number of nitro groups is 1. The first-order chi connectivity index (χ1) is 11.5. The van der Waals surface area contributed by atoms with Crippen LogP contribution >= 0.6 is 11.6 Å². The van der Waals surface area contributed by atoms with Crippen LogP contribution < -0.4 is 0 Å². The second-order valence-electron chi connectivity index (χ2n) is 6.20. The van der Waals surface area contributed by atoms with E-state index in [0.29, 0.717) is 5.56 Å². The molecule has 4 atom stereocenters. The zero-order chi connectivity index (χ0) is 17.0. The predicted molar refractivity (Wildman–Crippen MR) is 85.3 cm³/mol. The smallest absolute Gasteiger partial charge is 0.270 e. The van der Waals surface area contributed by atoms with E-state index in [0.717, 1.165) is 11.4 Å². The highest BCUT2D eigenvalue weighted by molar-refractivity contribution is 6.33. The molecule has 4 rings (SSSR count). The number of carbonyl (C=O) groups is 2. The van der Waals surface area contributed by atoms with Crippen LogP contribution in [0.4, 0.5) is 5.69 Å². The summed E-state index contributed by atoms with van der Waals surface area (Å²) < 4.78 is 0. The number of allylic oxidation sites excluding steroid dienone is 2. The van der Waals surface area contributed by atoms with E-state index in [1.807, 2.05) is 12.2 Å². The van der Waals surface area contributed by atoms with Crippen molar-refractivity contribution in [2.75, 3.05) is 0 Å². The zero-order valence-corrected chi connectivity index (χ0v) is 13.1. The molecule has 0 radical (unpaired) electrons. The van der Waals surface area contributed by atoms with Gasteiger partial charge in [0.2, 0.25) is 0 Å². The number of hydrogen-bond donors (Lipinski definition) is 0. The molecule has 7 nitrogen and oxygen atoms in total. The molecule has 0 aromatic heterocycles. The summed E-state index contributed by atoms with van der Waals surface area (Å²) in [6, 6.07) is 3.93. The van der Waals surface area contributed by atoms with E-state index in [1.54, 1.807) is 0 Å². The minimum atomic E-state index is -0.551. The molecule has 1 saturated heterocycles. The van der Waals surface area contributed by atoms with Gasteiger partial charge >= 0.3 is 0 Å². The molecule has 1 aromatic carbocycles. The van der Waals surface area contributed by atoms with Crippen LogP contribution in [0.15, 0.2) is 35.5 Å². The van der Waals surface area contributed by atoms with Crippen LogP contribution in [0, 0.1) is 33.8 Å². The van der Waals surface area contributed by atoms with Crippen LogP contribution in [-0.4, -0.2) is 28.0 Å². The molecule has 1 saturated carbocycles. The van der Waals surface area contributed by atoms with Crippen molar-refractivity contribution in [2.45, 2.75) is 6.42 Å². The van der Waals surface area contributed by atoms with Crippen molar-refractivity contribution in [2.24, 2.45) is 28.8 Å². The average molecular weight is 346 g/mol. The molecule has 2 bridgehead atoms. The summed E-state index contributed by atoms with van der Waals surface area (Å²) in [6.45, 7) is 0.